The summed E-state index contributed by atoms with van der Waals surface area (Å²) in [7, 11) is 0. The van der Waals surface area contributed by atoms with Gasteiger partial charge in [-0.1, -0.05) is 42.6 Å². The number of hydrogen-bond acceptors (Lipinski definition) is 6. The van der Waals surface area contributed by atoms with Crippen LogP contribution in [0.3, 0.4) is 0 Å². The van der Waals surface area contributed by atoms with Gasteiger partial charge < -0.3 is 0 Å². The van der Waals surface area contributed by atoms with Crippen LogP contribution in [0.1, 0.15) is 16.7 Å². The fourth-order valence-electron chi connectivity index (χ4n) is 3.78. The Hall–Kier alpha value is -3.12. The number of aliphatic imine (C=N–C) groups is 1. The molecule has 3 aromatic rings. The summed E-state index contributed by atoms with van der Waals surface area (Å²) >= 11 is 1.61. The number of fused-ring (bicyclic) bond motifs is 2. The third-order valence-electron chi connectivity index (χ3n) is 5.17. The second-order valence-electron chi connectivity index (χ2n) is 7.36. The van der Waals surface area contributed by atoms with Gasteiger partial charge in [-0.15, -0.1) is 0 Å². The van der Waals surface area contributed by atoms with Crippen molar-refractivity contribution in [2.24, 2.45) is 4.99 Å². The minimum absolute atomic E-state index is 0.721. The van der Waals surface area contributed by atoms with Crippen molar-refractivity contribution in [3.8, 4) is 0 Å². The summed E-state index contributed by atoms with van der Waals surface area (Å²) in [6.07, 6.45) is 2.81. The van der Waals surface area contributed by atoms with Gasteiger partial charge in [0.2, 0.25) is 0 Å². The summed E-state index contributed by atoms with van der Waals surface area (Å²) in [5, 5.41) is 4.34. The number of hydrogen-bond donors (Lipinski definition) is 1. The first-order valence-corrected chi connectivity index (χ1v) is 10.5. The third kappa shape index (κ3) is 3.29. The van der Waals surface area contributed by atoms with E-state index in [1.54, 1.807) is 11.8 Å². The van der Waals surface area contributed by atoms with Gasteiger partial charge in [0.1, 0.15) is 0 Å². The molecule has 0 unspecified atom stereocenters. The van der Waals surface area contributed by atoms with E-state index >= 15 is 0 Å². The standard InChI is InChI=1S/C23H21N5S/c1-14-9-15(2)19-11-17(26-21(19)10-14)13-29-23-25-16(3)20-12-24-28(22(20)27-23)18-7-5-4-6-8-18/h4-10,12,24H,3,11,13H2,1-2H3. The van der Waals surface area contributed by atoms with Crippen LogP contribution in [0.2, 0.25) is 0 Å². The number of aromatic nitrogens is 2. The topological polar surface area (TPSA) is 53.4 Å². The molecule has 5 nitrogen and oxygen atoms in total. The van der Waals surface area contributed by atoms with Crippen LogP contribution in [0.25, 0.3) is 12.8 Å². The molecule has 3 heterocycles. The van der Waals surface area contributed by atoms with E-state index in [1.807, 2.05) is 41.5 Å². The molecule has 1 aromatic heterocycles. The van der Waals surface area contributed by atoms with E-state index in [2.05, 4.69) is 43.0 Å². The lowest BCUT2D eigenvalue weighted by Crippen LogP contribution is -2.31. The number of para-hydroxylation sites is 1. The quantitative estimate of drug-likeness (QED) is 0.539. The molecule has 2 aliphatic rings. The summed E-state index contributed by atoms with van der Waals surface area (Å²) in [6.45, 7) is 8.40. The van der Waals surface area contributed by atoms with Gasteiger partial charge in [0, 0.05) is 24.1 Å². The Kier molecular flexibility index (Phi) is 4.36. The van der Waals surface area contributed by atoms with Crippen molar-refractivity contribution in [1.82, 2.24) is 15.4 Å². The smallest absolute Gasteiger partial charge is 0.190 e. The minimum Gasteiger partial charge on any atom is -0.299 e. The summed E-state index contributed by atoms with van der Waals surface area (Å²) in [4.78, 5) is 14.2. The predicted octanol–water partition coefficient (Wildman–Crippen LogP) is 3.32. The molecule has 0 spiro atoms. The van der Waals surface area contributed by atoms with Crippen LogP contribution in [-0.2, 0) is 6.42 Å². The predicted molar refractivity (Wildman–Crippen MR) is 120 cm³/mol. The third-order valence-corrected chi connectivity index (χ3v) is 6.09. The molecule has 1 N–H and O–H groups in total. The highest BCUT2D eigenvalue weighted by molar-refractivity contribution is 7.99. The second kappa shape index (κ2) is 7.04. The molecule has 0 atom stereocenters. The van der Waals surface area contributed by atoms with Crippen LogP contribution < -0.4 is 21.0 Å². The minimum atomic E-state index is 0.721. The van der Waals surface area contributed by atoms with Crippen LogP contribution in [0.5, 0.6) is 0 Å². The SMILES string of the molecule is C=c1nc(SCC2=Nc3cc(C)cc(C)c3C2)nc2c1=CNN2c1ccccc1. The lowest BCUT2D eigenvalue weighted by Gasteiger charge is -2.19. The summed E-state index contributed by atoms with van der Waals surface area (Å²) in [5.74, 6) is 1.61. The number of benzene rings is 2. The monoisotopic (exact) mass is 399 g/mol. The van der Waals surface area contributed by atoms with Gasteiger partial charge in [0.15, 0.2) is 11.0 Å². The van der Waals surface area contributed by atoms with Gasteiger partial charge in [-0.05, 0) is 48.7 Å². The van der Waals surface area contributed by atoms with E-state index in [0.29, 0.717) is 0 Å². The molecule has 6 heteroatoms. The zero-order valence-corrected chi connectivity index (χ0v) is 17.3. The van der Waals surface area contributed by atoms with E-state index in [4.69, 9.17) is 9.98 Å². The normalized spacial score (nSPS) is 14.1. The number of hydrazine groups is 1. The number of nitrogens with zero attached hydrogens (tertiary/aromatic N) is 4. The summed E-state index contributed by atoms with van der Waals surface area (Å²) in [6, 6.07) is 14.5. The highest BCUT2D eigenvalue weighted by Gasteiger charge is 2.20. The molecule has 0 amide bonds. The van der Waals surface area contributed by atoms with E-state index in [9.17, 15) is 0 Å². The first-order valence-electron chi connectivity index (χ1n) is 9.56. The Balaban J connectivity index is 1.38. The summed E-state index contributed by atoms with van der Waals surface area (Å²) < 4.78 is 0. The molecule has 0 saturated heterocycles. The maximum absolute atomic E-state index is 4.84. The van der Waals surface area contributed by atoms with E-state index in [0.717, 1.165) is 50.8 Å². The second-order valence-corrected chi connectivity index (χ2v) is 8.30. The van der Waals surface area contributed by atoms with Crippen molar-refractivity contribution in [3.05, 3.63) is 69.7 Å². The lowest BCUT2D eigenvalue weighted by molar-refractivity contribution is 0.877. The van der Waals surface area contributed by atoms with Crippen LogP contribution in [0.4, 0.5) is 17.2 Å². The van der Waals surface area contributed by atoms with E-state index in [1.165, 1.54) is 16.7 Å². The first-order chi connectivity index (χ1) is 14.1. The zero-order valence-electron chi connectivity index (χ0n) is 16.4. The Morgan fingerprint density at radius 2 is 1.97 bits per heavy atom. The molecular formula is C23H21N5S. The van der Waals surface area contributed by atoms with Crippen molar-refractivity contribution in [2.45, 2.75) is 25.4 Å². The fourth-order valence-corrected chi connectivity index (χ4v) is 4.57. The summed E-state index contributed by atoms with van der Waals surface area (Å²) in [5.41, 5.74) is 10.5. The molecule has 0 saturated carbocycles. The Morgan fingerprint density at radius 3 is 2.79 bits per heavy atom. The molecule has 5 rings (SSSR count). The van der Waals surface area contributed by atoms with Gasteiger partial charge in [-0.3, -0.25) is 10.4 Å². The number of anilines is 2. The van der Waals surface area contributed by atoms with Crippen molar-refractivity contribution in [2.75, 3.05) is 10.8 Å². The molecule has 29 heavy (non-hydrogen) atoms. The van der Waals surface area contributed by atoms with Crippen molar-refractivity contribution < 1.29 is 0 Å². The molecule has 0 radical (unpaired) electrons. The zero-order chi connectivity index (χ0) is 20.0. The van der Waals surface area contributed by atoms with Crippen molar-refractivity contribution in [1.29, 1.82) is 0 Å². The molecule has 2 aliphatic heterocycles. The maximum Gasteiger partial charge on any atom is 0.190 e. The average Bonchev–Trinajstić information content (AvgIpc) is 3.31. The number of nitrogens with one attached hydrogen (secondary N) is 1. The molecule has 0 fully saturated rings. The molecule has 0 aliphatic carbocycles. The highest BCUT2D eigenvalue weighted by Crippen LogP contribution is 2.32. The fraction of sp³-hybridized carbons (Fsp3) is 0.174. The van der Waals surface area contributed by atoms with Crippen LogP contribution in [0.15, 0.2) is 52.6 Å². The number of rotatable bonds is 4. The first kappa shape index (κ1) is 17.9. The van der Waals surface area contributed by atoms with Gasteiger partial charge >= 0.3 is 0 Å². The molecule has 2 aromatic carbocycles. The Labute approximate surface area is 173 Å². The molecule has 0 bridgehead atoms. The Morgan fingerprint density at radius 1 is 1.14 bits per heavy atom. The van der Waals surface area contributed by atoms with E-state index in [-0.39, 0.29) is 0 Å². The molecular weight excluding hydrogens is 378 g/mol. The van der Waals surface area contributed by atoms with Gasteiger partial charge in [-0.2, -0.15) is 0 Å². The number of aryl methyl sites for hydroxylation is 2. The van der Waals surface area contributed by atoms with Gasteiger partial charge in [-0.25, -0.2) is 15.0 Å². The maximum atomic E-state index is 4.84. The Bertz CT molecular complexity index is 1250. The van der Waals surface area contributed by atoms with E-state index < -0.39 is 0 Å². The van der Waals surface area contributed by atoms with Crippen LogP contribution >= 0.6 is 11.8 Å². The lowest BCUT2D eigenvalue weighted by atomic mass is 10.0. The highest BCUT2D eigenvalue weighted by atomic mass is 32.2. The molecule has 144 valence electrons. The van der Waals surface area contributed by atoms with Crippen molar-refractivity contribution in [3.63, 3.8) is 0 Å². The van der Waals surface area contributed by atoms with Gasteiger partial charge in [0.05, 0.1) is 21.9 Å². The van der Waals surface area contributed by atoms with Crippen LogP contribution in [0, 0.1) is 13.8 Å². The van der Waals surface area contributed by atoms with Gasteiger partial charge in [0.25, 0.3) is 0 Å². The number of thioether (sulfide) groups is 1. The average molecular weight is 400 g/mol. The largest absolute Gasteiger partial charge is 0.299 e. The van der Waals surface area contributed by atoms with Crippen molar-refractivity contribution >= 4 is 47.4 Å². The van der Waals surface area contributed by atoms with Crippen LogP contribution in [-0.4, -0.2) is 21.4 Å².